The minimum absolute atomic E-state index is 0.0278. The first kappa shape index (κ1) is 19.7. The summed E-state index contributed by atoms with van der Waals surface area (Å²) >= 11 is 0. The summed E-state index contributed by atoms with van der Waals surface area (Å²) in [4.78, 5) is 0. The van der Waals surface area contributed by atoms with Crippen LogP contribution in [0.15, 0.2) is 24.4 Å². The summed E-state index contributed by atoms with van der Waals surface area (Å²) in [6, 6.07) is 3.13. The molecular weight excluding hydrogens is 355 g/mol. The molecule has 138 valence electrons. The van der Waals surface area contributed by atoms with E-state index in [0.29, 0.717) is 0 Å². The number of halogens is 2. The van der Waals surface area contributed by atoms with E-state index in [1.54, 1.807) is 13.8 Å². The van der Waals surface area contributed by atoms with Gasteiger partial charge < -0.3 is 14.2 Å². The van der Waals surface area contributed by atoms with Gasteiger partial charge >= 0.3 is 7.60 Å². The standard InChI is InChI=1S/C15H20F2N3O4P/c1-3-23-25(22,24-4-2)10-12(21)8-20-9-15(18-19-20)13-6-5-11(16)7-14(13)17/h5-7,9,12,21H,3-4,8,10H2,1-2H3. The second-order valence-corrected chi connectivity index (χ2v) is 7.34. The first-order valence-corrected chi connectivity index (χ1v) is 9.51. The molecule has 25 heavy (non-hydrogen) atoms. The van der Waals surface area contributed by atoms with E-state index in [2.05, 4.69) is 10.3 Å². The minimum atomic E-state index is -3.39. The van der Waals surface area contributed by atoms with Crippen LogP contribution in [0.4, 0.5) is 8.78 Å². The lowest BCUT2D eigenvalue weighted by Crippen LogP contribution is -2.22. The van der Waals surface area contributed by atoms with Crippen molar-refractivity contribution in [1.29, 1.82) is 0 Å². The number of rotatable bonds is 9. The third kappa shape index (κ3) is 5.40. The van der Waals surface area contributed by atoms with Gasteiger partial charge in [0.05, 0.1) is 38.2 Å². The quantitative estimate of drug-likeness (QED) is 0.679. The van der Waals surface area contributed by atoms with E-state index in [1.165, 1.54) is 16.9 Å². The van der Waals surface area contributed by atoms with Gasteiger partial charge in [0.1, 0.15) is 17.3 Å². The molecule has 1 aromatic heterocycles. The molecule has 1 atom stereocenters. The van der Waals surface area contributed by atoms with Gasteiger partial charge in [0.2, 0.25) is 0 Å². The lowest BCUT2D eigenvalue weighted by Gasteiger charge is -2.19. The second kappa shape index (κ2) is 8.62. The minimum Gasteiger partial charge on any atom is -0.391 e. The summed E-state index contributed by atoms with van der Waals surface area (Å²) in [5.41, 5.74) is 0.291. The fourth-order valence-electron chi connectivity index (χ4n) is 2.28. The van der Waals surface area contributed by atoms with Crippen LogP contribution < -0.4 is 0 Å². The predicted octanol–water partition coefficient (Wildman–Crippen LogP) is 2.85. The van der Waals surface area contributed by atoms with Crippen molar-refractivity contribution in [2.75, 3.05) is 19.4 Å². The van der Waals surface area contributed by atoms with Crippen LogP contribution in [0.2, 0.25) is 0 Å². The zero-order chi connectivity index (χ0) is 18.4. The third-order valence-corrected chi connectivity index (χ3v) is 5.40. The number of hydrogen-bond acceptors (Lipinski definition) is 6. The van der Waals surface area contributed by atoms with Crippen molar-refractivity contribution in [1.82, 2.24) is 15.0 Å². The maximum absolute atomic E-state index is 13.8. The summed E-state index contributed by atoms with van der Waals surface area (Å²) in [5, 5.41) is 17.7. The predicted molar refractivity (Wildman–Crippen MR) is 87.1 cm³/mol. The highest BCUT2D eigenvalue weighted by atomic mass is 31.2. The highest BCUT2D eigenvalue weighted by Gasteiger charge is 2.28. The first-order valence-electron chi connectivity index (χ1n) is 7.78. The molecule has 0 bridgehead atoms. The van der Waals surface area contributed by atoms with Crippen molar-refractivity contribution in [2.24, 2.45) is 0 Å². The van der Waals surface area contributed by atoms with E-state index in [0.717, 1.165) is 12.1 Å². The lowest BCUT2D eigenvalue weighted by atomic mass is 10.1. The molecule has 0 saturated heterocycles. The van der Waals surface area contributed by atoms with Crippen molar-refractivity contribution >= 4 is 7.60 Å². The molecule has 0 aliphatic heterocycles. The molecule has 0 aliphatic rings. The SMILES string of the molecule is CCOP(=O)(CC(O)Cn1cc(-c2ccc(F)cc2F)nn1)OCC. The second-order valence-electron chi connectivity index (χ2n) is 5.23. The Balaban J connectivity index is 2.06. The summed E-state index contributed by atoms with van der Waals surface area (Å²) in [5.74, 6) is -1.45. The average Bonchev–Trinajstić information content (AvgIpc) is 2.95. The smallest absolute Gasteiger partial charge is 0.333 e. The van der Waals surface area contributed by atoms with Crippen LogP contribution in [0.1, 0.15) is 13.8 Å². The maximum Gasteiger partial charge on any atom is 0.333 e. The third-order valence-electron chi connectivity index (χ3n) is 3.23. The number of aliphatic hydroxyl groups excluding tert-OH is 1. The van der Waals surface area contributed by atoms with Gasteiger partial charge in [-0.25, -0.2) is 13.5 Å². The molecule has 0 spiro atoms. The van der Waals surface area contributed by atoms with Gasteiger partial charge in [0.15, 0.2) is 0 Å². The van der Waals surface area contributed by atoms with Crippen molar-refractivity contribution < 1.29 is 27.5 Å². The van der Waals surface area contributed by atoms with Crippen molar-refractivity contribution in [3.63, 3.8) is 0 Å². The number of nitrogens with zero attached hydrogens (tertiary/aromatic N) is 3. The molecule has 7 nitrogen and oxygen atoms in total. The zero-order valence-corrected chi connectivity index (χ0v) is 14.8. The van der Waals surface area contributed by atoms with Crippen LogP contribution in [0, 0.1) is 11.6 Å². The van der Waals surface area contributed by atoms with Gasteiger partial charge in [0, 0.05) is 11.6 Å². The fraction of sp³-hybridized carbons (Fsp3) is 0.467. The van der Waals surface area contributed by atoms with E-state index in [9.17, 15) is 18.5 Å². The van der Waals surface area contributed by atoms with Crippen LogP contribution in [-0.2, 0) is 20.2 Å². The molecule has 0 radical (unpaired) electrons. The molecule has 1 unspecified atom stereocenters. The summed E-state index contributed by atoms with van der Waals surface area (Å²) in [6.07, 6.45) is 0.150. The molecule has 0 aliphatic carbocycles. The molecule has 0 saturated carbocycles. The van der Waals surface area contributed by atoms with Gasteiger partial charge in [-0.05, 0) is 26.0 Å². The van der Waals surface area contributed by atoms with Crippen molar-refractivity contribution in [2.45, 2.75) is 26.5 Å². The molecule has 1 N–H and O–H groups in total. The van der Waals surface area contributed by atoms with Gasteiger partial charge in [0.25, 0.3) is 0 Å². The van der Waals surface area contributed by atoms with E-state index in [-0.39, 0.29) is 37.2 Å². The molecule has 0 amide bonds. The monoisotopic (exact) mass is 375 g/mol. The van der Waals surface area contributed by atoms with Crippen LogP contribution in [0.25, 0.3) is 11.3 Å². The largest absolute Gasteiger partial charge is 0.391 e. The molecular formula is C15H20F2N3O4P. The van der Waals surface area contributed by atoms with E-state index in [1.807, 2.05) is 0 Å². The highest BCUT2D eigenvalue weighted by Crippen LogP contribution is 2.48. The lowest BCUT2D eigenvalue weighted by molar-refractivity contribution is 0.150. The molecule has 0 fully saturated rings. The Morgan fingerprint density at radius 2 is 1.96 bits per heavy atom. The van der Waals surface area contributed by atoms with Gasteiger partial charge in [-0.3, -0.25) is 4.57 Å². The van der Waals surface area contributed by atoms with Gasteiger partial charge in [-0.2, -0.15) is 0 Å². The summed E-state index contributed by atoms with van der Waals surface area (Å²) in [6.45, 7) is 3.72. The van der Waals surface area contributed by atoms with Crippen molar-refractivity contribution in [3.05, 3.63) is 36.0 Å². The van der Waals surface area contributed by atoms with Crippen LogP contribution in [0.3, 0.4) is 0 Å². The van der Waals surface area contributed by atoms with Gasteiger partial charge in [-0.15, -0.1) is 5.10 Å². The van der Waals surface area contributed by atoms with Crippen LogP contribution in [-0.4, -0.2) is 45.6 Å². The van der Waals surface area contributed by atoms with Crippen LogP contribution >= 0.6 is 7.60 Å². The molecule has 10 heteroatoms. The Bertz CT molecular complexity index is 746. The Hall–Kier alpha value is -1.67. The van der Waals surface area contributed by atoms with Crippen LogP contribution in [0.5, 0.6) is 0 Å². The average molecular weight is 375 g/mol. The molecule has 1 heterocycles. The van der Waals surface area contributed by atoms with E-state index < -0.39 is 25.3 Å². The number of aromatic nitrogens is 3. The first-order chi connectivity index (χ1) is 11.9. The van der Waals surface area contributed by atoms with E-state index >= 15 is 0 Å². The molecule has 2 rings (SSSR count). The normalized spacial score (nSPS) is 13.2. The Morgan fingerprint density at radius 1 is 1.28 bits per heavy atom. The number of hydrogen-bond donors (Lipinski definition) is 1. The van der Waals surface area contributed by atoms with E-state index in [4.69, 9.17) is 9.05 Å². The highest BCUT2D eigenvalue weighted by molar-refractivity contribution is 7.53. The Morgan fingerprint density at radius 3 is 2.56 bits per heavy atom. The Labute approximate surface area is 144 Å². The summed E-state index contributed by atoms with van der Waals surface area (Å²) < 4.78 is 50.6. The van der Waals surface area contributed by atoms with Gasteiger partial charge in [-0.1, -0.05) is 5.21 Å². The topological polar surface area (TPSA) is 86.5 Å². The molecule has 1 aromatic carbocycles. The molecule has 2 aromatic rings. The summed E-state index contributed by atoms with van der Waals surface area (Å²) in [7, 11) is -3.39. The number of benzene rings is 1. The fourth-order valence-corrected chi connectivity index (χ4v) is 3.98. The van der Waals surface area contributed by atoms with Crippen molar-refractivity contribution in [3.8, 4) is 11.3 Å². The zero-order valence-electron chi connectivity index (χ0n) is 13.9. The maximum atomic E-state index is 13.8. The number of aliphatic hydroxyl groups is 1. The Kier molecular flexibility index (Phi) is 6.78.